The second-order valence-corrected chi connectivity index (χ2v) is 7.56. The van der Waals surface area contributed by atoms with Crippen molar-refractivity contribution in [1.29, 1.82) is 0 Å². The molecule has 3 aromatic heterocycles. The van der Waals surface area contributed by atoms with Gasteiger partial charge in [0, 0.05) is 63.5 Å². The zero-order valence-corrected chi connectivity index (χ0v) is 17.2. The van der Waals surface area contributed by atoms with E-state index < -0.39 is 0 Å². The normalized spacial score (nSPS) is 14.6. The highest BCUT2D eigenvalue weighted by atomic mass is 16.3. The number of pyridine rings is 1. The zero-order valence-electron chi connectivity index (χ0n) is 17.2. The van der Waals surface area contributed by atoms with Gasteiger partial charge in [0.1, 0.15) is 16.9 Å². The van der Waals surface area contributed by atoms with Crippen LogP contribution < -0.4 is 15.5 Å². The molecule has 1 fully saturated rings. The van der Waals surface area contributed by atoms with Gasteiger partial charge in [-0.15, -0.1) is 0 Å². The maximum atomic E-state index is 13.1. The summed E-state index contributed by atoms with van der Waals surface area (Å²) in [6.45, 7) is 7.37. The molecular formula is C21H23N7O2. The standard InChI is InChI=1S/C21H23N7O2/c1-12-19-17(30-13(2)24-19)10-18(23-12)25-21(29)14-4-5-16(28-8-6-22-7-9-28)15-11-27(3)26-20(14)15/h4-5,10-11,22H,6-9H2,1-3H3,(H,23,25,29). The van der Waals surface area contributed by atoms with Crippen LogP contribution in [0.5, 0.6) is 0 Å². The average Bonchev–Trinajstić information content (AvgIpc) is 3.29. The van der Waals surface area contributed by atoms with E-state index in [-0.39, 0.29) is 5.91 Å². The molecule has 4 heterocycles. The van der Waals surface area contributed by atoms with Crippen molar-refractivity contribution in [2.24, 2.45) is 7.05 Å². The minimum absolute atomic E-state index is 0.256. The quantitative estimate of drug-likeness (QED) is 0.540. The molecular weight excluding hydrogens is 382 g/mol. The summed E-state index contributed by atoms with van der Waals surface area (Å²) >= 11 is 0. The van der Waals surface area contributed by atoms with Crippen LogP contribution in [0.2, 0.25) is 0 Å². The first kappa shape index (κ1) is 18.6. The first-order valence-electron chi connectivity index (χ1n) is 9.98. The van der Waals surface area contributed by atoms with Crippen LogP contribution in [-0.2, 0) is 7.05 Å². The number of carbonyl (C=O) groups excluding carboxylic acids is 1. The Kier molecular flexibility index (Phi) is 4.39. The van der Waals surface area contributed by atoms with Gasteiger partial charge in [0.2, 0.25) is 0 Å². The van der Waals surface area contributed by atoms with Crippen LogP contribution in [-0.4, -0.2) is 51.8 Å². The number of anilines is 2. The van der Waals surface area contributed by atoms with E-state index in [1.165, 1.54) is 0 Å². The maximum absolute atomic E-state index is 13.1. The number of benzene rings is 1. The molecule has 0 unspecified atom stereocenters. The number of carbonyl (C=O) groups is 1. The predicted octanol–water partition coefficient (Wildman–Crippen LogP) is 2.39. The molecule has 4 aromatic rings. The summed E-state index contributed by atoms with van der Waals surface area (Å²) in [7, 11) is 1.87. The molecule has 2 N–H and O–H groups in total. The van der Waals surface area contributed by atoms with E-state index in [9.17, 15) is 4.79 Å². The van der Waals surface area contributed by atoms with Crippen LogP contribution in [0.1, 0.15) is 21.9 Å². The van der Waals surface area contributed by atoms with Gasteiger partial charge in [-0.25, -0.2) is 9.97 Å². The Morgan fingerprint density at radius 3 is 2.77 bits per heavy atom. The zero-order chi connectivity index (χ0) is 20.8. The third-order valence-electron chi connectivity index (χ3n) is 5.37. The summed E-state index contributed by atoms with van der Waals surface area (Å²) in [6.07, 6.45) is 1.97. The summed E-state index contributed by atoms with van der Waals surface area (Å²) in [5.74, 6) is 0.738. The van der Waals surface area contributed by atoms with Gasteiger partial charge in [-0.3, -0.25) is 9.48 Å². The third-order valence-corrected chi connectivity index (χ3v) is 5.37. The van der Waals surface area contributed by atoms with Gasteiger partial charge >= 0.3 is 0 Å². The Balaban J connectivity index is 1.51. The van der Waals surface area contributed by atoms with E-state index in [2.05, 4.69) is 30.6 Å². The third kappa shape index (κ3) is 3.17. The van der Waals surface area contributed by atoms with Gasteiger partial charge in [-0.1, -0.05) is 0 Å². The van der Waals surface area contributed by atoms with Gasteiger partial charge in [0.15, 0.2) is 11.5 Å². The number of amides is 1. The maximum Gasteiger partial charge on any atom is 0.259 e. The number of piperazine rings is 1. The number of oxazole rings is 1. The van der Waals surface area contributed by atoms with Crippen molar-refractivity contribution in [2.45, 2.75) is 13.8 Å². The van der Waals surface area contributed by atoms with Crippen LogP contribution in [0.25, 0.3) is 22.0 Å². The first-order chi connectivity index (χ1) is 14.5. The second-order valence-electron chi connectivity index (χ2n) is 7.56. The lowest BCUT2D eigenvalue weighted by atomic mass is 10.1. The molecule has 1 aliphatic heterocycles. The Labute approximate surface area is 173 Å². The summed E-state index contributed by atoms with van der Waals surface area (Å²) in [6, 6.07) is 5.54. The van der Waals surface area contributed by atoms with Crippen LogP contribution in [0.15, 0.2) is 28.8 Å². The fourth-order valence-corrected chi connectivity index (χ4v) is 4.01. The molecule has 5 rings (SSSR count). The molecule has 9 heteroatoms. The molecule has 0 aliphatic carbocycles. The van der Waals surface area contributed by atoms with Crippen molar-refractivity contribution in [3.63, 3.8) is 0 Å². The highest BCUT2D eigenvalue weighted by molar-refractivity contribution is 6.13. The fraction of sp³-hybridized carbons (Fsp3) is 0.333. The lowest BCUT2D eigenvalue weighted by Crippen LogP contribution is -2.43. The number of hydrogen-bond donors (Lipinski definition) is 2. The number of aromatic nitrogens is 4. The number of aryl methyl sites for hydroxylation is 3. The molecule has 154 valence electrons. The monoisotopic (exact) mass is 405 g/mol. The Bertz CT molecular complexity index is 1270. The van der Waals surface area contributed by atoms with Crippen molar-refractivity contribution in [2.75, 3.05) is 36.4 Å². The van der Waals surface area contributed by atoms with E-state index in [1.807, 2.05) is 32.3 Å². The number of nitrogens with zero attached hydrogens (tertiary/aromatic N) is 5. The van der Waals surface area contributed by atoms with Crippen molar-refractivity contribution in [3.8, 4) is 0 Å². The van der Waals surface area contributed by atoms with Crippen LogP contribution in [0, 0.1) is 13.8 Å². The van der Waals surface area contributed by atoms with Gasteiger partial charge < -0.3 is 20.0 Å². The lowest BCUT2D eigenvalue weighted by Gasteiger charge is -2.30. The molecule has 0 spiro atoms. The molecule has 1 aliphatic rings. The van der Waals surface area contributed by atoms with Gasteiger partial charge in [0.25, 0.3) is 5.91 Å². The molecule has 1 amide bonds. The molecule has 1 aromatic carbocycles. The predicted molar refractivity (Wildman–Crippen MR) is 115 cm³/mol. The van der Waals surface area contributed by atoms with E-state index in [0.717, 1.165) is 37.3 Å². The summed E-state index contributed by atoms with van der Waals surface area (Å²) in [5.41, 5.74) is 4.31. The van der Waals surface area contributed by atoms with Crippen LogP contribution in [0.3, 0.4) is 0 Å². The summed E-state index contributed by atoms with van der Waals surface area (Å²) < 4.78 is 7.35. The number of nitrogens with one attached hydrogen (secondary N) is 2. The number of rotatable bonds is 3. The van der Waals surface area contributed by atoms with Crippen molar-refractivity contribution in [1.82, 2.24) is 25.1 Å². The van der Waals surface area contributed by atoms with Gasteiger partial charge in [0.05, 0.1) is 11.3 Å². The minimum atomic E-state index is -0.256. The molecule has 30 heavy (non-hydrogen) atoms. The van der Waals surface area contributed by atoms with Gasteiger partial charge in [-0.05, 0) is 19.1 Å². The Morgan fingerprint density at radius 1 is 1.17 bits per heavy atom. The Morgan fingerprint density at radius 2 is 1.97 bits per heavy atom. The smallest absolute Gasteiger partial charge is 0.259 e. The van der Waals surface area contributed by atoms with E-state index in [4.69, 9.17) is 4.42 Å². The molecule has 0 saturated carbocycles. The van der Waals surface area contributed by atoms with E-state index in [1.54, 1.807) is 17.7 Å². The summed E-state index contributed by atoms with van der Waals surface area (Å²) in [5, 5.41) is 11.8. The van der Waals surface area contributed by atoms with Crippen molar-refractivity contribution < 1.29 is 9.21 Å². The average molecular weight is 405 g/mol. The Hall–Kier alpha value is -3.46. The first-order valence-corrected chi connectivity index (χ1v) is 9.98. The highest BCUT2D eigenvalue weighted by Gasteiger charge is 2.20. The van der Waals surface area contributed by atoms with Gasteiger partial charge in [-0.2, -0.15) is 5.10 Å². The summed E-state index contributed by atoms with van der Waals surface area (Å²) in [4.78, 5) is 24.2. The topological polar surface area (TPSA) is 101 Å². The number of hydrogen-bond acceptors (Lipinski definition) is 7. The minimum Gasteiger partial charge on any atom is -0.441 e. The van der Waals surface area contributed by atoms with E-state index >= 15 is 0 Å². The van der Waals surface area contributed by atoms with Crippen molar-refractivity contribution in [3.05, 3.63) is 41.5 Å². The largest absolute Gasteiger partial charge is 0.441 e. The van der Waals surface area contributed by atoms with Crippen LogP contribution in [0.4, 0.5) is 11.5 Å². The highest BCUT2D eigenvalue weighted by Crippen LogP contribution is 2.30. The SMILES string of the molecule is Cc1nc2c(C)nc(NC(=O)c3ccc(N4CCNCC4)c4cn(C)nc34)cc2o1. The van der Waals surface area contributed by atoms with Crippen molar-refractivity contribution >= 4 is 39.4 Å². The molecule has 0 atom stereocenters. The van der Waals surface area contributed by atoms with E-state index in [0.29, 0.717) is 39.6 Å². The fourth-order valence-electron chi connectivity index (χ4n) is 4.01. The molecule has 9 nitrogen and oxygen atoms in total. The molecule has 0 radical (unpaired) electrons. The van der Waals surface area contributed by atoms with Crippen LogP contribution >= 0.6 is 0 Å². The molecule has 1 saturated heterocycles. The lowest BCUT2D eigenvalue weighted by molar-refractivity contribution is 0.102. The molecule has 0 bridgehead atoms. The number of fused-ring (bicyclic) bond motifs is 2. The second kappa shape index (κ2) is 7.10.